The van der Waals surface area contributed by atoms with E-state index in [1.807, 2.05) is 37.4 Å². The highest BCUT2D eigenvalue weighted by molar-refractivity contribution is 6.34. The number of hydrogen-bond acceptors (Lipinski definition) is 2. The number of carbonyl (C=O) groups is 1. The van der Waals surface area contributed by atoms with Gasteiger partial charge in [0.15, 0.2) is 0 Å². The number of hydrogen-bond donors (Lipinski definition) is 1. The molecule has 0 radical (unpaired) electrons. The second-order valence-corrected chi connectivity index (χ2v) is 9.21. The molecule has 1 aliphatic rings. The zero-order chi connectivity index (χ0) is 21.8. The molecule has 1 saturated carbocycles. The molecule has 2 aromatic carbocycles. The zero-order valence-electron chi connectivity index (χ0n) is 18.2. The number of aromatic nitrogens is 1. The highest BCUT2D eigenvalue weighted by Gasteiger charge is 2.34. The summed E-state index contributed by atoms with van der Waals surface area (Å²) in [5, 5.41) is 3.67. The van der Waals surface area contributed by atoms with Crippen molar-refractivity contribution >= 4 is 17.5 Å². The van der Waals surface area contributed by atoms with Gasteiger partial charge >= 0.3 is 0 Å². The normalized spacial score (nSPS) is 15.5. The van der Waals surface area contributed by atoms with Crippen LogP contribution < -0.4 is 5.32 Å². The minimum atomic E-state index is -0.129. The van der Waals surface area contributed by atoms with Crippen molar-refractivity contribution in [3.05, 3.63) is 88.1 Å². The summed E-state index contributed by atoms with van der Waals surface area (Å²) >= 11 is 6.41. The summed E-state index contributed by atoms with van der Waals surface area (Å²) in [6, 6.07) is 18.3. The second-order valence-electron chi connectivity index (χ2n) is 8.81. The molecule has 0 saturated heterocycles. The van der Waals surface area contributed by atoms with Crippen LogP contribution >= 0.6 is 11.6 Å². The Labute approximate surface area is 189 Å². The highest BCUT2D eigenvalue weighted by Crippen LogP contribution is 2.39. The van der Waals surface area contributed by atoms with Gasteiger partial charge in [-0.15, -0.1) is 0 Å². The predicted molar refractivity (Wildman–Crippen MR) is 128 cm³/mol. The van der Waals surface area contributed by atoms with E-state index < -0.39 is 0 Å². The first-order valence-electron chi connectivity index (χ1n) is 11.0. The fraction of sp³-hybridized carbons (Fsp3) is 0.333. The van der Waals surface area contributed by atoms with Crippen LogP contribution in [-0.2, 0) is 5.41 Å². The Hall–Kier alpha value is -2.65. The molecule has 3 nitrogen and oxygen atoms in total. The molecule has 1 fully saturated rings. The minimum Gasteiger partial charge on any atom is -0.351 e. The summed E-state index contributed by atoms with van der Waals surface area (Å²) in [6.45, 7) is 4.74. The molecular formula is C27H29ClN2O. The number of nitrogens with zero attached hydrogens (tertiary/aromatic N) is 1. The number of halogens is 1. The van der Waals surface area contributed by atoms with E-state index in [0.717, 1.165) is 29.7 Å². The highest BCUT2D eigenvalue weighted by atomic mass is 35.5. The maximum atomic E-state index is 13.2. The van der Waals surface area contributed by atoms with E-state index in [1.54, 1.807) is 6.07 Å². The Kier molecular flexibility index (Phi) is 6.43. The Balaban J connectivity index is 1.56. The van der Waals surface area contributed by atoms with Gasteiger partial charge in [0.25, 0.3) is 5.91 Å². The van der Waals surface area contributed by atoms with Crippen molar-refractivity contribution in [1.29, 1.82) is 0 Å². The molecule has 1 heterocycles. The minimum absolute atomic E-state index is 0.00971. The molecule has 0 unspecified atom stereocenters. The molecule has 31 heavy (non-hydrogen) atoms. The van der Waals surface area contributed by atoms with E-state index in [2.05, 4.69) is 41.5 Å². The second kappa shape index (κ2) is 9.23. The van der Waals surface area contributed by atoms with Gasteiger partial charge in [-0.25, -0.2) is 0 Å². The lowest BCUT2D eigenvalue weighted by molar-refractivity contribution is 0.0937. The summed E-state index contributed by atoms with van der Waals surface area (Å²) in [5.41, 5.74) is 5.89. The van der Waals surface area contributed by atoms with Crippen molar-refractivity contribution in [2.45, 2.75) is 51.4 Å². The molecule has 4 heteroatoms. The zero-order valence-corrected chi connectivity index (χ0v) is 19.0. The number of rotatable bonds is 5. The van der Waals surface area contributed by atoms with Crippen molar-refractivity contribution in [3.63, 3.8) is 0 Å². The molecule has 160 valence electrons. The molecular weight excluding hydrogens is 404 g/mol. The average Bonchev–Trinajstić information content (AvgIpc) is 2.79. The van der Waals surface area contributed by atoms with Crippen LogP contribution in [0.3, 0.4) is 0 Å². The third kappa shape index (κ3) is 4.83. The molecule has 1 aromatic heterocycles. The number of nitrogens with one attached hydrogen (secondary N) is 1. The van der Waals surface area contributed by atoms with Gasteiger partial charge in [-0.05, 0) is 56.0 Å². The SMILES string of the molecule is Cc1ccc(C2(CNC(=O)c3cc(-c4ccc(C)cn4)ccc3Cl)CCCCC2)cc1. The molecule has 1 aliphatic carbocycles. The fourth-order valence-electron chi connectivity index (χ4n) is 4.55. The molecule has 3 aromatic rings. The quantitative estimate of drug-likeness (QED) is 0.490. The number of pyridine rings is 1. The van der Waals surface area contributed by atoms with Gasteiger partial charge in [-0.2, -0.15) is 0 Å². The van der Waals surface area contributed by atoms with Gasteiger partial charge in [0.2, 0.25) is 0 Å². The van der Waals surface area contributed by atoms with Crippen LogP contribution in [0, 0.1) is 13.8 Å². The maximum absolute atomic E-state index is 13.2. The van der Waals surface area contributed by atoms with Gasteiger partial charge < -0.3 is 5.32 Å². The Morgan fingerprint density at radius 3 is 2.35 bits per heavy atom. The number of carbonyl (C=O) groups excluding carboxylic acids is 1. The third-order valence-electron chi connectivity index (χ3n) is 6.48. The lowest BCUT2D eigenvalue weighted by Gasteiger charge is -2.38. The van der Waals surface area contributed by atoms with Crippen LogP contribution in [0.4, 0.5) is 0 Å². The first-order valence-corrected chi connectivity index (χ1v) is 11.4. The van der Waals surface area contributed by atoms with E-state index in [-0.39, 0.29) is 11.3 Å². The standard InChI is InChI=1S/C27H29ClN2O/c1-19-6-10-22(11-7-19)27(14-4-3-5-15-27)18-30-26(31)23-16-21(9-12-24(23)28)25-13-8-20(2)17-29-25/h6-13,16-17H,3-5,14-15,18H2,1-2H3,(H,30,31). The van der Waals surface area contributed by atoms with Gasteiger partial charge in [-0.1, -0.05) is 72.8 Å². The van der Waals surface area contributed by atoms with Crippen LogP contribution in [0.1, 0.15) is 59.2 Å². The molecule has 0 bridgehead atoms. The topological polar surface area (TPSA) is 42.0 Å². The summed E-state index contributed by atoms with van der Waals surface area (Å²) in [5.74, 6) is -0.129. The molecule has 0 atom stereocenters. The van der Waals surface area contributed by atoms with E-state index in [9.17, 15) is 4.79 Å². The molecule has 1 N–H and O–H groups in total. The predicted octanol–water partition coefficient (Wildman–Crippen LogP) is 6.65. The van der Waals surface area contributed by atoms with Crippen LogP contribution in [-0.4, -0.2) is 17.4 Å². The Bertz CT molecular complexity index is 1050. The van der Waals surface area contributed by atoms with Crippen LogP contribution in [0.25, 0.3) is 11.3 Å². The lowest BCUT2D eigenvalue weighted by Crippen LogP contribution is -2.42. The third-order valence-corrected chi connectivity index (χ3v) is 6.81. The number of amides is 1. The monoisotopic (exact) mass is 432 g/mol. The van der Waals surface area contributed by atoms with Crippen LogP contribution in [0.2, 0.25) is 5.02 Å². The van der Waals surface area contributed by atoms with Crippen molar-refractivity contribution < 1.29 is 4.79 Å². The van der Waals surface area contributed by atoms with Crippen LogP contribution in [0.5, 0.6) is 0 Å². The fourth-order valence-corrected chi connectivity index (χ4v) is 4.75. The van der Waals surface area contributed by atoms with Gasteiger partial charge in [0.1, 0.15) is 0 Å². The van der Waals surface area contributed by atoms with Gasteiger partial charge in [-0.3, -0.25) is 9.78 Å². The summed E-state index contributed by atoms with van der Waals surface area (Å²) in [6.07, 6.45) is 7.67. The van der Waals surface area contributed by atoms with Gasteiger partial charge in [0.05, 0.1) is 16.3 Å². The van der Waals surface area contributed by atoms with E-state index in [0.29, 0.717) is 17.1 Å². The van der Waals surface area contributed by atoms with Crippen molar-refractivity contribution in [2.75, 3.05) is 6.54 Å². The smallest absolute Gasteiger partial charge is 0.252 e. The molecule has 0 aliphatic heterocycles. The first-order chi connectivity index (χ1) is 15.0. The molecule has 0 spiro atoms. The maximum Gasteiger partial charge on any atom is 0.252 e. The lowest BCUT2D eigenvalue weighted by atomic mass is 9.69. The van der Waals surface area contributed by atoms with Crippen molar-refractivity contribution in [2.24, 2.45) is 0 Å². The number of aryl methyl sites for hydroxylation is 2. The van der Waals surface area contributed by atoms with Crippen LogP contribution in [0.15, 0.2) is 60.8 Å². The Morgan fingerprint density at radius 1 is 0.968 bits per heavy atom. The molecule has 1 amide bonds. The Morgan fingerprint density at radius 2 is 1.68 bits per heavy atom. The van der Waals surface area contributed by atoms with Crippen molar-refractivity contribution in [3.8, 4) is 11.3 Å². The summed E-state index contributed by atoms with van der Waals surface area (Å²) in [4.78, 5) is 17.6. The summed E-state index contributed by atoms with van der Waals surface area (Å²) < 4.78 is 0. The van der Waals surface area contributed by atoms with E-state index in [1.165, 1.54) is 30.4 Å². The largest absolute Gasteiger partial charge is 0.351 e. The average molecular weight is 433 g/mol. The summed E-state index contributed by atoms with van der Waals surface area (Å²) in [7, 11) is 0. The van der Waals surface area contributed by atoms with Crippen molar-refractivity contribution in [1.82, 2.24) is 10.3 Å². The first kappa shape index (κ1) is 21.6. The van der Waals surface area contributed by atoms with E-state index in [4.69, 9.17) is 11.6 Å². The number of benzene rings is 2. The van der Waals surface area contributed by atoms with E-state index >= 15 is 0 Å². The molecule has 4 rings (SSSR count). The van der Waals surface area contributed by atoms with Gasteiger partial charge in [0, 0.05) is 23.7 Å².